The molecule has 0 bridgehead atoms. The molecule has 11 rings (SSSR count). The van der Waals surface area contributed by atoms with Crippen LogP contribution in [0, 0.1) is 0 Å². The van der Waals surface area contributed by atoms with Crippen LogP contribution in [0.4, 0.5) is 17.1 Å². The van der Waals surface area contributed by atoms with Gasteiger partial charge in [-0.15, -0.1) is 0 Å². The number of furan rings is 1. The number of hydrogen-bond acceptors (Lipinski definition) is 4. The second kappa shape index (κ2) is 14.5. The van der Waals surface area contributed by atoms with Gasteiger partial charge in [0.2, 0.25) is 5.89 Å². The van der Waals surface area contributed by atoms with E-state index >= 15 is 0 Å². The highest BCUT2D eigenvalue weighted by Crippen LogP contribution is 2.43. The van der Waals surface area contributed by atoms with Crippen LogP contribution in [0.2, 0.25) is 0 Å². The van der Waals surface area contributed by atoms with Gasteiger partial charge in [0.25, 0.3) is 0 Å². The molecule has 0 aliphatic carbocycles. The Labute approximate surface area is 341 Å². The number of benzene rings is 9. The van der Waals surface area contributed by atoms with Crippen molar-refractivity contribution in [2.24, 2.45) is 0 Å². The Hall–Kier alpha value is -7.95. The molecule has 0 amide bonds. The van der Waals surface area contributed by atoms with Crippen molar-refractivity contribution in [3.63, 3.8) is 0 Å². The molecule has 0 saturated carbocycles. The van der Waals surface area contributed by atoms with Crippen molar-refractivity contribution < 1.29 is 8.83 Å². The van der Waals surface area contributed by atoms with Crippen LogP contribution in [0.5, 0.6) is 0 Å². The lowest BCUT2D eigenvalue weighted by atomic mass is 9.93. The van der Waals surface area contributed by atoms with E-state index in [2.05, 4.69) is 181 Å². The lowest BCUT2D eigenvalue weighted by molar-refractivity contribution is 0.619. The molecule has 11 aromatic rings. The molecule has 0 saturated heterocycles. The Morgan fingerprint density at radius 2 is 0.814 bits per heavy atom. The Morgan fingerprint density at radius 3 is 1.44 bits per heavy atom. The van der Waals surface area contributed by atoms with Crippen LogP contribution in [0.25, 0.3) is 89.0 Å². The van der Waals surface area contributed by atoms with Crippen molar-refractivity contribution in [2.45, 2.75) is 0 Å². The Kier molecular flexibility index (Phi) is 8.45. The molecule has 4 nitrogen and oxygen atoms in total. The van der Waals surface area contributed by atoms with Crippen LogP contribution in [0.15, 0.2) is 227 Å². The minimum atomic E-state index is 0.601. The molecule has 4 heteroatoms. The highest BCUT2D eigenvalue weighted by Gasteiger charge is 2.19. The molecular weight excluding hydrogens is 721 g/mol. The third-order valence-electron chi connectivity index (χ3n) is 11.1. The third kappa shape index (κ3) is 6.34. The largest absolute Gasteiger partial charge is 0.456 e. The van der Waals surface area contributed by atoms with Gasteiger partial charge in [-0.1, -0.05) is 146 Å². The molecule has 0 N–H and O–H groups in total. The number of hydrogen-bond donors (Lipinski definition) is 0. The average molecular weight is 757 g/mol. The van der Waals surface area contributed by atoms with E-state index in [1.807, 2.05) is 42.5 Å². The molecule has 2 aromatic heterocycles. The van der Waals surface area contributed by atoms with E-state index < -0.39 is 0 Å². The van der Waals surface area contributed by atoms with Gasteiger partial charge in [-0.2, -0.15) is 0 Å². The van der Waals surface area contributed by atoms with E-state index in [4.69, 9.17) is 13.8 Å². The van der Waals surface area contributed by atoms with Crippen molar-refractivity contribution in [1.29, 1.82) is 0 Å². The zero-order chi connectivity index (χ0) is 39.1. The SMILES string of the molecule is c1ccc(-c2ccc(N(c3ccc(-c4ccc5c(c4)oc4ccc6oc(-c7ccccc7)nc6c45)cc3)c3ccc(-c4ccccc4)c(-c4ccccc4)c3)cc2)cc1. The first kappa shape index (κ1) is 34.3. The highest BCUT2D eigenvalue weighted by atomic mass is 16.4. The van der Waals surface area contributed by atoms with E-state index in [0.717, 1.165) is 66.8 Å². The maximum atomic E-state index is 6.46. The summed E-state index contributed by atoms with van der Waals surface area (Å²) in [5.41, 5.74) is 16.5. The monoisotopic (exact) mass is 756 g/mol. The summed E-state index contributed by atoms with van der Waals surface area (Å²) < 4.78 is 12.6. The first-order valence-electron chi connectivity index (χ1n) is 19.9. The van der Waals surface area contributed by atoms with Crippen LogP contribution < -0.4 is 4.90 Å². The molecule has 0 unspecified atom stereocenters. The zero-order valence-electron chi connectivity index (χ0n) is 32.0. The summed E-state index contributed by atoms with van der Waals surface area (Å²) in [5, 5.41) is 1.98. The smallest absolute Gasteiger partial charge is 0.227 e. The van der Waals surface area contributed by atoms with Gasteiger partial charge in [0.05, 0.1) is 5.39 Å². The number of oxazole rings is 1. The lowest BCUT2D eigenvalue weighted by Gasteiger charge is -2.27. The topological polar surface area (TPSA) is 42.4 Å². The van der Waals surface area contributed by atoms with Gasteiger partial charge in [-0.3, -0.25) is 0 Å². The van der Waals surface area contributed by atoms with Crippen molar-refractivity contribution in [3.8, 4) is 56.0 Å². The molecule has 59 heavy (non-hydrogen) atoms. The Bertz CT molecular complexity index is 3230. The summed E-state index contributed by atoms with van der Waals surface area (Å²) in [6, 6.07) is 76.6. The number of rotatable bonds is 8. The first-order chi connectivity index (χ1) is 29.2. The van der Waals surface area contributed by atoms with Gasteiger partial charge in [-0.25, -0.2) is 4.98 Å². The maximum Gasteiger partial charge on any atom is 0.227 e. The molecule has 9 aromatic carbocycles. The van der Waals surface area contributed by atoms with Gasteiger partial charge in [0.1, 0.15) is 16.7 Å². The summed E-state index contributed by atoms with van der Waals surface area (Å²) in [6.45, 7) is 0. The minimum absolute atomic E-state index is 0.601. The predicted octanol–water partition coefficient (Wildman–Crippen LogP) is 15.5. The van der Waals surface area contributed by atoms with Crippen LogP contribution in [-0.2, 0) is 0 Å². The van der Waals surface area contributed by atoms with Crippen molar-refractivity contribution in [1.82, 2.24) is 4.98 Å². The highest BCUT2D eigenvalue weighted by molar-refractivity contribution is 6.17. The molecular formula is C55H36N2O2. The summed E-state index contributed by atoms with van der Waals surface area (Å²) >= 11 is 0. The fourth-order valence-corrected chi connectivity index (χ4v) is 8.22. The molecule has 0 aliphatic heterocycles. The van der Waals surface area contributed by atoms with E-state index in [-0.39, 0.29) is 0 Å². The first-order valence-corrected chi connectivity index (χ1v) is 19.9. The van der Waals surface area contributed by atoms with Crippen LogP contribution in [-0.4, -0.2) is 4.98 Å². The predicted molar refractivity (Wildman–Crippen MR) is 243 cm³/mol. The lowest BCUT2D eigenvalue weighted by Crippen LogP contribution is -2.10. The van der Waals surface area contributed by atoms with Crippen molar-refractivity contribution >= 4 is 50.1 Å². The number of nitrogens with zero attached hydrogens (tertiary/aromatic N) is 2. The minimum Gasteiger partial charge on any atom is -0.456 e. The summed E-state index contributed by atoms with van der Waals surface area (Å²) in [6.07, 6.45) is 0. The molecule has 0 spiro atoms. The second-order valence-corrected chi connectivity index (χ2v) is 14.7. The second-order valence-electron chi connectivity index (χ2n) is 14.7. The quantitative estimate of drug-likeness (QED) is 0.155. The van der Waals surface area contributed by atoms with E-state index in [9.17, 15) is 0 Å². The molecule has 2 heterocycles. The Morgan fingerprint density at radius 1 is 0.322 bits per heavy atom. The molecule has 0 aliphatic rings. The van der Waals surface area contributed by atoms with Gasteiger partial charge < -0.3 is 13.7 Å². The van der Waals surface area contributed by atoms with Crippen LogP contribution in [0.1, 0.15) is 0 Å². The fourth-order valence-electron chi connectivity index (χ4n) is 8.22. The van der Waals surface area contributed by atoms with Crippen LogP contribution >= 0.6 is 0 Å². The van der Waals surface area contributed by atoms with Gasteiger partial charge >= 0.3 is 0 Å². The Balaban J connectivity index is 0.992. The van der Waals surface area contributed by atoms with Crippen molar-refractivity contribution in [3.05, 3.63) is 218 Å². The van der Waals surface area contributed by atoms with Gasteiger partial charge in [-0.05, 0) is 117 Å². The van der Waals surface area contributed by atoms with Crippen molar-refractivity contribution in [2.75, 3.05) is 4.90 Å². The number of fused-ring (bicyclic) bond motifs is 5. The standard InChI is InChI=1S/C55H36N2O2/c1-5-13-37(14-6-1)38-21-26-44(27-22-38)57(46-30-32-47(40-15-7-2-8-16-40)49(36-46)41-17-9-3-10-18-41)45-28-23-39(24-29-45)43-25-31-48-52(35-43)58-50-33-34-51-54(53(48)50)56-55(59-51)42-19-11-4-12-20-42/h1-36H. The van der Waals surface area contributed by atoms with E-state index in [1.54, 1.807) is 0 Å². The summed E-state index contributed by atoms with van der Waals surface area (Å²) in [4.78, 5) is 7.26. The summed E-state index contributed by atoms with van der Waals surface area (Å²) in [7, 11) is 0. The normalized spacial score (nSPS) is 11.4. The molecule has 278 valence electrons. The third-order valence-corrected chi connectivity index (χ3v) is 11.1. The van der Waals surface area contributed by atoms with Crippen LogP contribution in [0.3, 0.4) is 0 Å². The molecule has 0 radical (unpaired) electrons. The van der Waals surface area contributed by atoms with Gasteiger partial charge in [0, 0.05) is 28.0 Å². The number of anilines is 3. The average Bonchev–Trinajstić information content (AvgIpc) is 3.92. The fraction of sp³-hybridized carbons (Fsp3) is 0. The molecule has 0 atom stereocenters. The molecule has 0 fully saturated rings. The number of aromatic nitrogens is 1. The van der Waals surface area contributed by atoms with E-state index in [0.29, 0.717) is 5.89 Å². The maximum absolute atomic E-state index is 6.46. The summed E-state index contributed by atoms with van der Waals surface area (Å²) in [5.74, 6) is 0.601. The zero-order valence-corrected chi connectivity index (χ0v) is 32.0. The van der Waals surface area contributed by atoms with E-state index in [1.165, 1.54) is 33.4 Å². The van der Waals surface area contributed by atoms with Gasteiger partial charge in [0.15, 0.2) is 5.58 Å².